The largest absolute Gasteiger partial charge is 0.496 e. The number of nitrogens with zero attached hydrogens (tertiary/aromatic N) is 2. The third-order valence-electron chi connectivity index (χ3n) is 6.85. The van der Waals surface area contributed by atoms with Gasteiger partial charge in [0.25, 0.3) is 0 Å². The molecule has 0 fully saturated rings. The molecule has 0 bridgehead atoms. The minimum absolute atomic E-state index is 0.145. The van der Waals surface area contributed by atoms with Crippen molar-refractivity contribution in [3.05, 3.63) is 101 Å². The number of amides is 2. The van der Waals surface area contributed by atoms with Crippen LogP contribution in [0.5, 0.6) is 5.75 Å². The molecule has 1 aliphatic rings. The molecule has 0 saturated carbocycles. The first-order valence-electron chi connectivity index (χ1n) is 12.0. The first-order valence-corrected chi connectivity index (χ1v) is 12.0. The van der Waals surface area contributed by atoms with E-state index >= 15 is 0 Å². The molecule has 4 rings (SSSR count). The summed E-state index contributed by atoms with van der Waals surface area (Å²) in [7, 11) is 2.90. The molecule has 0 aliphatic carbocycles. The lowest BCUT2D eigenvalue weighted by atomic mass is 9.92. The average molecular weight is 503 g/mol. The maximum atomic E-state index is 14.2. The topological polar surface area (TPSA) is 96.4 Å². The van der Waals surface area contributed by atoms with Crippen molar-refractivity contribution < 1.29 is 29.0 Å². The second-order valence-corrected chi connectivity index (χ2v) is 8.97. The Kier molecular flexibility index (Phi) is 7.77. The third-order valence-corrected chi connectivity index (χ3v) is 6.85. The summed E-state index contributed by atoms with van der Waals surface area (Å²) in [5, 5.41) is 9.99. The number of para-hydroxylation sites is 1. The third kappa shape index (κ3) is 5.43. The van der Waals surface area contributed by atoms with E-state index in [1.165, 1.54) is 12.0 Å². The van der Waals surface area contributed by atoms with Crippen LogP contribution in [0.3, 0.4) is 0 Å². The number of benzene rings is 3. The summed E-state index contributed by atoms with van der Waals surface area (Å²) in [6.07, 6.45) is -0.849. The Morgan fingerprint density at radius 3 is 2.27 bits per heavy atom. The second kappa shape index (κ2) is 11.2. The summed E-state index contributed by atoms with van der Waals surface area (Å²) in [6, 6.07) is 20.6. The van der Waals surface area contributed by atoms with Crippen molar-refractivity contribution in [2.75, 3.05) is 14.2 Å². The zero-order chi connectivity index (χ0) is 26.5. The van der Waals surface area contributed by atoms with Crippen LogP contribution in [0.15, 0.2) is 72.8 Å². The molecule has 0 radical (unpaired) electrons. The maximum absolute atomic E-state index is 14.2. The minimum Gasteiger partial charge on any atom is -0.496 e. The summed E-state index contributed by atoms with van der Waals surface area (Å²) < 4.78 is 10.3. The fraction of sp³-hybridized carbons (Fsp3) is 0.276. The van der Waals surface area contributed by atoms with Crippen LogP contribution in [-0.4, -0.2) is 53.1 Å². The van der Waals surface area contributed by atoms with Crippen LogP contribution in [0.25, 0.3) is 0 Å². The van der Waals surface area contributed by atoms with Crippen LogP contribution >= 0.6 is 0 Å². The highest BCUT2D eigenvalue weighted by Crippen LogP contribution is 2.33. The standard InChI is InChI=1S/C29H30N2O6/c1-19(24-10-6-7-11-26(24)36-2)30(17-20-12-14-21(15-13-20)28(33)37-3)27(32)25-16-22-8-4-5-9-23(22)18-31(25)29(34)35/h4-15,19,25H,16-18H2,1-3H3,(H,34,35)/t19-,25?/m1/s1. The molecule has 3 aromatic carbocycles. The minimum atomic E-state index is -1.14. The second-order valence-electron chi connectivity index (χ2n) is 8.97. The Bertz CT molecular complexity index is 1290. The Balaban J connectivity index is 1.72. The van der Waals surface area contributed by atoms with Crippen LogP contribution in [0.1, 0.15) is 45.6 Å². The van der Waals surface area contributed by atoms with Crippen LogP contribution in [0.2, 0.25) is 0 Å². The monoisotopic (exact) mass is 502 g/mol. The molecule has 2 atom stereocenters. The number of hydrogen-bond acceptors (Lipinski definition) is 5. The van der Waals surface area contributed by atoms with Gasteiger partial charge in [-0.15, -0.1) is 0 Å². The molecule has 0 saturated heterocycles. The number of carbonyl (C=O) groups excluding carboxylic acids is 2. The van der Waals surface area contributed by atoms with Crippen molar-refractivity contribution in [1.82, 2.24) is 9.80 Å². The van der Waals surface area contributed by atoms with Crippen molar-refractivity contribution in [1.29, 1.82) is 0 Å². The van der Waals surface area contributed by atoms with Crippen molar-refractivity contribution in [3.8, 4) is 5.75 Å². The van der Waals surface area contributed by atoms with Crippen molar-refractivity contribution in [2.24, 2.45) is 0 Å². The fourth-order valence-electron chi connectivity index (χ4n) is 4.78. The molecule has 1 N–H and O–H groups in total. The predicted molar refractivity (Wildman–Crippen MR) is 137 cm³/mol. The van der Waals surface area contributed by atoms with Crippen LogP contribution < -0.4 is 4.74 Å². The lowest BCUT2D eigenvalue weighted by molar-refractivity contribution is -0.140. The number of ether oxygens (including phenoxy) is 2. The van der Waals surface area contributed by atoms with Gasteiger partial charge < -0.3 is 19.5 Å². The van der Waals surface area contributed by atoms with Gasteiger partial charge >= 0.3 is 12.1 Å². The van der Waals surface area contributed by atoms with Gasteiger partial charge in [0.2, 0.25) is 5.91 Å². The van der Waals surface area contributed by atoms with Crippen molar-refractivity contribution in [3.63, 3.8) is 0 Å². The van der Waals surface area contributed by atoms with Gasteiger partial charge in [-0.25, -0.2) is 9.59 Å². The molecule has 0 aromatic heterocycles. The fourth-order valence-corrected chi connectivity index (χ4v) is 4.78. The molecule has 0 spiro atoms. The highest BCUT2D eigenvalue weighted by Gasteiger charge is 2.38. The number of carbonyl (C=O) groups is 3. The molecule has 1 heterocycles. The van der Waals surface area contributed by atoms with E-state index in [0.717, 1.165) is 22.3 Å². The highest BCUT2D eigenvalue weighted by atomic mass is 16.5. The summed E-state index contributed by atoms with van der Waals surface area (Å²) in [5.74, 6) is -0.106. The zero-order valence-electron chi connectivity index (χ0n) is 21.1. The number of carboxylic acid groups (broad SMARTS) is 1. The van der Waals surface area contributed by atoms with Crippen molar-refractivity contribution >= 4 is 18.0 Å². The predicted octanol–water partition coefficient (Wildman–Crippen LogP) is 4.68. The molecule has 8 heteroatoms. The molecule has 3 aromatic rings. The Morgan fingerprint density at radius 1 is 0.973 bits per heavy atom. The lowest BCUT2D eigenvalue weighted by Crippen LogP contribution is -2.53. The summed E-state index contributed by atoms with van der Waals surface area (Å²) >= 11 is 0. The zero-order valence-corrected chi connectivity index (χ0v) is 21.1. The van der Waals surface area contributed by atoms with E-state index in [1.807, 2.05) is 55.5 Å². The average Bonchev–Trinajstić information content (AvgIpc) is 2.94. The van der Waals surface area contributed by atoms with Gasteiger partial charge in [0.1, 0.15) is 11.8 Å². The Morgan fingerprint density at radius 2 is 1.62 bits per heavy atom. The maximum Gasteiger partial charge on any atom is 0.408 e. The van der Waals surface area contributed by atoms with E-state index in [1.54, 1.807) is 36.3 Å². The number of hydrogen-bond donors (Lipinski definition) is 1. The molecular weight excluding hydrogens is 472 g/mol. The number of fused-ring (bicyclic) bond motifs is 1. The van der Waals surface area contributed by atoms with Crippen molar-refractivity contribution in [2.45, 2.75) is 38.5 Å². The summed E-state index contributed by atoms with van der Waals surface area (Å²) in [6.45, 7) is 2.26. The van der Waals surface area contributed by atoms with Gasteiger partial charge in [0.05, 0.1) is 32.4 Å². The van der Waals surface area contributed by atoms with E-state index in [4.69, 9.17) is 9.47 Å². The Labute approximate surface area is 216 Å². The van der Waals surface area contributed by atoms with Crippen LogP contribution in [0, 0.1) is 0 Å². The summed E-state index contributed by atoms with van der Waals surface area (Å²) in [5.41, 5.74) is 3.87. The van der Waals surface area contributed by atoms with Gasteiger partial charge in [-0.2, -0.15) is 0 Å². The highest BCUT2D eigenvalue weighted by molar-refractivity contribution is 5.89. The molecule has 1 unspecified atom stereocenters. The summed E-state index contributed by atoms with van der Waals surface area (Å²) in [4.78, 5) is 41.2. The number of esters is 1. The van der Waals surface area contributed by atoms with Gasteiger partial charge in [-0.3, -0.25) is 9.69 Å². The smallest absolute Gasteiger partial charge is 0.408 e. The van der Waals surface area contributed by atoms with Crippen LogP contribution in [-0.2, 0) is 29.0 Å². The Hall–Kier alpha value is -4.33. The quantitative estimate of drug-likeness (QED) is 0.472. The van der Waals surface area contributed by atoms with Gasteiger partial charge in [-0.1, -0.05) is 54.6 Å². The van der Waals surface area contributed by atoms with E-state index in [9.17, 15) is 19.5 Å². The molecule has 192 valence electrons. The number of rotatable bonds is 7. The van der Waals surface area contributed by atoms with E-state index in [-0.39, 0.29) is 25.4 Å². The molecule has 1 aliphatic heterocycles. The molecule has 8 nitrogen and oxygen atoms in total. The lowest BCUT2D eigenvalue weighted by Gasteiger charge is -2.39. The van der Waals surface area contributed by atoms with Gasteiger partial charge in [-0.05, 0) is 41.8 Å². The van der Waals surface area contributed by atoms with Gasteiger partial charge in [0.15, 0.2) is 0 Å². The SMILES string of the molecule is COC(=O)c1ccc(CN(C(=O)C2Cc3ccccc3CN2C(=O)O)[C@H](C)c2ccccc2OC)cc1. The van der Waals surface area contributed by atoms with E-state index in [0.29, 0.717) is 11.3 Å². The molecule has 37 heavy (non-hydrogen) atoms. The van der Waals surface area contributed by atoms with Crippen LogP contribution in [0.4, 0.5) is 4.79 Å². The molecule has 2 amide bonds. The normalized spacial score (nSPS) is 15.3. The first kappa shape index (κ1) is 25.8. The van der Waals surface area contributed by atoms with Gasteiger partial charge in [0, 0.05) is 18.5 Å². The first-order chi connectivity index (χ1) is 17.8. The van der Waals surface area contributed by atoms with E-state index in [2.05, 4.69) is 0 Å². The number of methoxy groups -OCH3 is 2. The van der Waals surface area contributed by atoms with E-state index < -0.39 is 24.1 Å². The molecular formula is C29H30N2O6.